The lowest BCUT2D eigenvalue weighted by atomic mass is 10.2. The smallest absolute Gasteiger partial charge is 0.160 e. The van der Waals surface area contributed by atoms with Crippen LogP contribution < -0.4 is 15.2 Å². The van der Waals surface area contributed by atoms with Crippen LogP contribution in [0.4, 0.5) is 0 Å². The zero-order chi connectivity index (χ0) is 15.2. The molecule has 0 saturated heterocycles. The largest absolute Gasteiger partial charge is 0.497 e. The summed E-state index contributed by atoms with van der Waals surface area (Å²) in [6.07, 6.45) is 1.70. The van der Waals surface area contributed by atoms with E-state index in [4.69, 9.17) is 15.2 Å². The summed E-state index contributed by atoms with van der Waals surface area (Å²) in [4.78, 5) is 8.76. The molecule has 21 heavy (non-hydrogen) atoms. The molecule has 0 aliphatic carbocycles. The van der Waals surface area contributed by atoms with Crippen molar-refractivity contribution < 1.29 is 9.47 Å². The molecule has 1 aromatic heterocycles. The molecular weight excluding hydrogens is 266 g/mol. The van der Waals surface area contributed by atoms with Crippen LogP contribution in [0.15, 0.2) is 30.5 Å². The molecule has 0 aliphatic heterocycles. The molecule has 0 unspecified atom stereocenters. The predicted molar refractivity (Wildman–Crippen MR) is 81.3 cm³/mol. The van der Waals surface area contributed by atoms with E-state index >= 15 is 0 Å². The average Bonchev–Trinajstić information content (AvgIpc) is 2.53. The van der Waals surface area contributed by atoms with Gasteiger partial charge < -0.3 is 15.2 Å². The van der Waals surface area contributed by atoms with Crippen LogP contribution in [0.1, 0.15) is 36.8 Å². The molecule has 5 heteroatoms. The van der Waals surface area contributed by atoms with Crippen LogP contribution in [-0.2, 0) is 13.2 Å². The number of hydrogen-bond donors (Lipinski definition) is 1. The van der Waals surface area contributed by atoms with E-state index in [1.807, 2.05) is 38.1 Å². The van der Waals surface area contributed by atoms with Crippen molar-refractivity contribution in [1.82, 2.24) is 9.97 Å². The lowest BCUT2D eigenvalue weighted by Crippen LogP contribution is -2.09. The van der Waals surface area contributed by atoms with Crippen LogP contribution in [0.2, 0.25) is 0 Å². The van der Waals surface area contributed by atoms with Gasteiger partial charge in [0.05, 0.1) is 19.0 Å². The Morgan fingerprint density at radius 2 is 1.90 bits per heavy atom. The minimum absolute atomic E-state index is 0.269. The van der Waals surface area contributed by atoms with Crippen molar-refractivity contribution in [1.29, 1.82) is 0 Å². The minimum Gasteiger partial charge on any atom is -0.497 e. The molecule has 0 atom stereocenters. The van der Waals surface area contributed by atoms with Crippen molar-refractivity contribution in [3.8, 4) is 11.5 Å². The molecule has 5 nitrogen and oxygen atoms in total. The SMILES string of the molecule is COc1ccc(COc2cnc(C(C)C)nc2CN)cc1. The monoisotopic (exact) mass is 287 g/mol. The number of hydrogen-bond acceptors (Lipinski definition) is 5. The van der Waals surface area contributed by atoms with Gasteiger partial charge in [0.25, 0.3) is 0 Å². The predicted octanol–water partition coefficient (Wildman–Crippen LogP) is 2.65. The summed E-state index contributed by atoms with van der Waals surface area (Å²) in [5.41, 5.74) is 7.53. The van der Waals surface area contributed by atoms with E-state index in [1.165, 1.54) is 0 Å². The van der Waals surface area contributed by atoms with E-state index in [2.05, 4.69) is 9.97 Å². The normalized spacial score (nSPS) is 10.7. The Bertz CT molecular complexity index is 583. The van der Waals surface area contributed by atoms with Gasteiger partial charge in [-0.1, -0.05) is 26.0 Å². The Labute approximate surface area is 125 Å². The molecule has 1 heterocycles. The van der Waals surface area contributed by atoms with Gasteiger partial charge >= 0.3 is 0 Å². The lowest BCUT2D eigenvalue weighted by Gasteiger charge is -2.12. The van der Waals surface area contributed by atoms with Crippen LogP contribution in [0.5, 0.6) is 11.5 Å². The number of aromatic nitrogens is 2. The van der Waals surface area contributed by atoms with Gasteiger partial charge in [0, 0.05) is 12.5 Å². The number of ether oxygens (including phenoxy) is 2. The van der Waals surface area contributed by atoms with E-state index in [9.17, 15) is 0 Å². The standard InChI is InChI=1S/C16H21N3O2/c1-11(2)16-18-9-15(14(8-17)19-16)21-10-12-4-6-13(20-3)7-5-12/h4-7,9,11H,8,10,17H2,1-3H3. The average molecular weight is 287 g/mol. The van der Waals surface area contributed by atoms with Crippen molar-refractivity contribution in [2.24, 2.45) is 5.73 Å². The number of nitrogens with zero attached hydrogens (tertiary/aromatic N) is 2. The summed E-state index contributed by atoms with van der Waals surface area (Å²) in [7, 11) is 1.65. The molecule has 0 amide bonds. The number of nitrogens with two attached hydrogens (primary N) is 1. The Balaban J connectivity index is 2.08. The van der Waals surface area contributed by atoms with Crippen LogP contribution >= 0.6 is 0 Å². The Kier molecular flexibility index (Phi) is 5.11. The molecule has 0 spiro atoms. The highest BCUT2D eigenvalue weighted by Gasteiger charge is 2.10. The second-order valence-corrected chi connectivity index (χ2v) is 5.03. The van der Waals surface area contributed by atoms with Gasteiger partial charge in [0.2, 0.25) is 0 Å². The first kappa shape index (κ1) is 15.3. The van der Waals surface area contributed by atoms with Crippen molar-refractivity contribution in [3.05, 3.63) is 47.5 Å². The summed E-state index contributed by atoms with van der Waals surface area (Å²) in [6.45, 7) is 4.88. The topological polar surface area (TPSA) is 70.3 Å². The third kappa shape index (κ3) is 3.92. The van der Waals surface area contributed by atoms with E-state index in [1.54, 1.807) is 13.3 Å². The second-order valence-electron chi connectivity index (χ2n) is 5.03. The Morgan fingerprint density at radius 3 is 2.48 bits per heavy atom. The second kappa shape index (κ2) is 7.04. The quantitative estimate of drug-likeness (QED) is 0.884. The molecule has 0 fully saturated rings. The van der Waals surface area contributed by atoms with Crippen molar-refractivity contribution >= 4 is 0 Å². The Hall–Kier alpha value is -2.14. The maximum Gasteiger partial charge on any atom is 0.160 e. The summed E-state index contributed by atoms with van der Waals surface area (Å²) in [5, 5.41) is 0. The van der Waals surface area contributed by atoms with E-state index in [-0.39, 0.29) is 5.92 Å². The number of benzene rings is 1. The number of rotatable bonds is 6. The fraction of sp³-hybridized carbons (Fsp3) is 0.375. The van der Waals surface area contributed by atoms with Gasteiger partial charge in [-0.15, -0.1) is 0 Å². The van der Waals surface area contributed by atoms with Crippen molar-refractivity contribution in [2.45, 2.75) is 32.9 Å². The highest BCUT2D eigenvalue weighted by molar-refractivity contribution is 5.29. The number of methoxy groups -OCH3 is 1. The van der Waals surface area contributed by atoms with Gasteiger partial charge in [-0.05, 0) is 17.7 Å². The molecule has 2 N–H and O–H groups in total. The van der Waals surface area contributed by atoms with Crippen molar-refractivity contribution in [3.63, 3.8) is 0 Å². The molecular formula is C16H21N3O2. The fourth-order valence-electron chi connectivity index (χ4n) is 1.85. The third-order valence-electron chi connectivity index (χ3n) is 3.11. The summed E-state index contributed by atoms with van der Waals surface area (Å²) < 4.78 is 10.9. The van der Waals surface area contributed by atoms with Crippen LogP contribution in [-0.4, -0.2) is 17.1 Å². The van der Waals surface area contributed by atoms with Gasteiger partial charge in [0.15, 0.2) is 5.75 Å². The summed E-state index contributed by atoms with van der Waals surface area (Å²) >= 11 is 0. The highest BCUT2D eigenvalue weighted by atomic mass is 16.5. The molecule has 2 aromatic rings. The van der Waals surface area contributed by atoms with E-state index in [0.29, 0.717) is 18.9 Å². The molecule has 0 aliphatic rings. The highest BCUT2D eigenvalue weighted by Crippen LogP contribution is 2.20. The van der Waals surface area contributed by atoms with Crippen LogP contribution in [0.25, 0.3) is 0 Å². The summed E-state index contributed by atoms with van der Waals surface area (Å²) in [5.74, 6) is 2.52. The molecule has 0 radical (unpaired) electrons. The first-order valence-corrected chi connectivity index (χ1v) is 6.95. The van der Waals surface area contributed by atoms with Crippen LogP contribution in [0.3, 0.4) is 0 Å². The lowest BCUT2D eigenvalue weighted by molar-refractivity contribution is 0.299. The molecule has 1 aromatic carbocycles. The zero-order valence-corrected chi connectivity index (χ0v) is 12.7. The molecule has 2 rings (SSSR count). The van der Waals surface area contributed by atoms with E-state index in [0.717, 1.165) is 22.8 Å². The van der Waals surface area contributed by atoms with Gasteiger partial charge in [-0.25, -0.2) is 9.97 Å². The maximum absolute atomic E-state index is 5.78. The maximum atomic E-state index is 5.78. The fourth-order valence-corrected chi connectivity index (χ4v) is 1.85. The first-order valence-electron chi connectivity index (χ1n) is 6.95. The van der Waals surface area contributed by atoms with Gasteiger partial charge in [-0.3, -0.25) is 0 Å². The minimum atomic E-state index is 0.269. The molecule has 0 bridgehead atoms. The third-order valence-corrected chi connectivity index (χ3v) is 3.11. The van der Waals surface area contributed by atoms with Gasteiger partial charge in [-0.2, -0.15) is 0 Å². The Morgan fingerprint density at radius 1 is 1.19 bits per heavy atom. The van der Waals surface area contributed by atoms with Crippen molar-refractivity contribution in [2.75, 3.05) is 7.11 Å². The zero-order valence-electron chi connectivity index (χ0n) is 12.7. The molecule has 112 valence electrons. The van der Waals surface area contributed by atoms with Crippen LogP contribution in [0, 0.1) is 0 Å². The summed E-state index contributed by atoms with van der Waals surface area (Å²) in [6, 6.07) is 7.73. The van der Waals surface area contributed by atoms with E-state index < -0.39 is 0 Å². The van der Waals surface area contributed by atoms with Gasteiger partial charge in [0.1, 0.15) is 18.2 Å². The molecule has 0 saturated carbocycles. The first-order chi connectivity index (χ1) is 10.1.